The van der Waals surface area contributed by atoms with Gasteiger partial charge in [-0.1, -0.05) is 15.9 Å². The highest BCUT2D eigenvalue weighted by molar-refractivity contribution is 9.11. The van der Waals surface area contributed by atoms with E-state index in [9.17, 15) is 0 Å². The SMILES string of the molecule is S=c1oc2cc(Br)cc(Br)c2o1. The average molecular weight is 310 g/mol. The lowest BCUT2D eigenvalue weighted by Gasteiger charge is -1.90. The maximum atomic E-state index is 5.13. The molecule has 0 aliphatic carbocycles. The van der Waals surface area contributed by atoms with Crippen molar-refractivity contribution in [3.05, 3.63) is 26.0 Å². The van der Waals surface area contributed by atoms with Gasteiger partial charge in [-0.2, -0.15) is 0 Å². The van der Waals surface area contributed by atoms with Crippen molar-refractivity contribution >= 4 is 55.2 Å². The van der Waals surface area contributed by atoms with Gasteiger partial charge < -0.3 is 8.83 Å². The maximum absolute atomic E-state index is 5.13. The fourth-order valence-corrected chi connectivity index (χ4v) is 2.35. The van der Waals surface area contributed by atoms with E-state index in [1.807, 2.05) is 6.07 Å². The zero-order valence-corrected chi connectivity index (χ0v) is 9.62. The third-order valence-electron chi connectivity index (χ3n) is 1.35. The molecule has 1 heterocycles. The van der Waals surface area contributed by atoms with Gasteiger partial charge in [-0.3, -0.25) is 0 Å². The zero-order chi connectivity index (χ0) is 8.72. The number of hydrogen-bond acceptors (Lipinski definition) is 3. The summed E-state index contributed by atoms with van der Waals surface area (Å²) in [7, 11) is 0. The molecule has 0 aliphatic heterocycles. The molecule has 0 aliphatic rings. The van der Waals surface area contributed by atoms with Gasteiger partial charge in [-0.15, -0.1) is 0 Å². The van der Waals surface area contributed by atoms with Crippen molar-refractivity contribution in [2.45, 2.75) is 0 Å². The van der Waals surface area contributed by atoms with Gasteiger partial charge in [0, 0.05) is 16.7 Å². The summed E-state index contributed by atoms with van der Waals surface area (Å²) in [6.07, 6.45) is 0. The first kappa shape index (κ1) is 8.47. The number of halogens is 2. The van der Waals surface area contributed by atoms with E-state index in [1.165, 1.54) is 0 Å². The minimum atomic E-state index is 0.142. The van der Waals surface area contributed by atoms with E-state index in [1.54, 1.807) is 6.07 Å². The third-order valence-corrected chi connectivity index (χ3v) is 2.57. The minimum absolute atomic E-state index is 0.142. The van der Waals surface area contributed by atoms with Gasteiger partial charge in [-0.05, 0) is 28.1 Å². The first-order chi connectivity index (χ1) is 5.66. The van der Waals surface area contributed by atoms with E-state index in [2.05, 4.69) is 31.9 Å². The molecular weight excluding hydrogens is 308 g/mol. The molecule has 0 atom stereocenters. The summed E-state index contributed by atoms with van der Waals surface area (Å²) in [4.78, 5) is 0.142. The molecule has 0 unspecified atom stereocenters. The predicted molar refractivity (Wildman–Crippen MR) is 54.7 cm³/mol. The van der Waals surface area contributed by atoms with Crippen molar-refractivity contribution in [3.63, 3.8) is 0 Å². The molecule has 0 fully saturated rings. The summed E-state index contributed by atoms with van der Waals surface area (Å²) < 4.78 is 12.0. The van der Waals surface area contributed by atoms with Crippen LogP contribution in [0.15, 0.2) is 29.9 Å². The molecule has 62 valence electrons. The Labute approximate surface area is 89.8 Å². The van der Waals surface area contributed by atoms with Gasteiger partial charge in [0.15, 0.2) is 11.2 Å². The number of benzene rings is 1. The molecule has 0 saturated heterocycles. The van der Waals surface area contributed by atoms with Crippen LogP contribution in [-0.4, -0.2) is 0 Å². The van der Waals surface area contributed by atoms with Crippen molar-refractivity contribution in [2.24, 2.45) is 0 Å². The smallest absolute Gasteiger partial charge is 0.363 e. The normalized spacial score (nSPS) is 10.8. The largest absolute Gasteiger partial charge is 0.413 e. The van der Waals surface area contributed by atoms with Crippen LogP contribution in [0.5, 0.6) is 0 Å². The second-order valence-corrected chi connectivity index (χ2v) is 4.27. The van der Waals surface area contributed by atoms with Crippen LogP contribution < -0.4 is 0 Å². The molecule has 2 aromatic rings. The second-order valence-electron chi connectivity index (χ2n) is 2.17. The highest BCUT2D eigenvalue weighted by Crippen LogP contribution is 2.29. The maximum Gasteiger partial charge on any atom is 0.363 e. The lowest BCUT2D eigenvalue weighted by atomic mass is 10.3. The molecular formula is C7H2Br2O2S. The molecule has 2 rings (SSSR count). The van der Waals surface area contributed by atoms with Crippen LogP contribution in [-0.2, 0) is 0 Å². The average Bonchev–Trinajstić information content (AvgIpc) is 2.29. The molecule has 0 saturated carbocycles. The van der Waals surface area contributed by atoms with E-state index in [-0.39, 0.29) is 4.90 Å². The first-order valence-electron chi connectivity index (χ1n) is 3.05. The molecule has 0 N–H and O–H groups in total. The van der Waals surface area contributed by atoms with E-state index in [0.29, 0.717) is 11.2 Å². The summed E-state index contributed by atoms with van der Waals surface area (Å²) in [6.45, 7) is 0. The fraction of sp³-hybridized carbons (Fsp3) is 0. The second kappa shape index (κ2) is 2.97. The molecule has 0 bridgehead atoms. The lowest BCUT2D eigenvalue weighted by molar-refractivity contribution is 0.443. The number of fused-ring (bicyclic) bond motifs is 1. The van der Waals surface area contributed by atoms with Gasteiger partial charge in [0.25, 0.3) is 0 Å². The first-order valence-corrected chi connectivity index (χ1v) is 5.05. The van der Waals surface area contributed by atoms with Gasteiger partial charge in [-0.25, -0.2) is 0 Å². The van der Waals surface area contributed by atoms with Gasteiger partial charge in [0.1, 0.15) is 0 Å². The minimum Gasteiger partial charge on any atom is -0.413 e. The fourth-order valence-electron chi connectivity index (χ4n) is 0.906. The Kier molecular flexibility index (Phi) is 2.10. The molecule has 0 amide bonds. The van der Waals surface area contributed by atoms with Gasteiger partial charge in [0.2, 0.25) is 0 Å². The summed E-state index contributed by atoms with van der Waals surface area (Å²) >= 11 is 11.4. The Morgan fingerprint density at radius 2 is 1.92 bits per heavy atom. The Hall–Kier alpha value is -0.130. The molecule has 12 heavy (non-hydrogen) atoms. The quantitative estimate of drug-likeness (QED) is 0.679. The number of hydrogen-bond donors (Lipinski definition) is 0. The summed E-state index contributed by atoms with van der Waals surface area (Å²) in [5, 5.41) is 0. The Balaban J connectivity index is 2.97. The Morgan fingerprint density at radius 1 is 1.17 bits per heavy atom. The molecule has 0 spiro atoms. The van der Waals surface area contributed by atoms with Crippen molar-refractivity contribution in [3.8, 4) is 0 Å². The topological polar surface area (TPSA) is 26.3 Å². The lowest BCUT2D eigenvalue weighted by Crippen LogP contribution is -1.68. The van der Waals surface area contributed by atoms with Crippen LogP contribution in [0.4, 0.5) is 0 Å². The van der Waals surface area contributed by atoms with Gasteiger partial charge >= 0.3 is 4.90 Å². The Morgan fingerprint density at radius 3 is 2.67 bits per heavy atom. The van der Waals surface area contributed by atoms with E-state index in [0.717, 1.165) is 8.95 Å². The van der Waals surface area contributed by atoms with Gasteiger partial charge in [0.05, 0.1) is 4.47 Å². The molecule has 0 radical (unpaired) electrons. The molecule has 1 aromatic heterocycles. The van der Waals surface area contributed by atoms with Crippen LogP contribution in [0, 0.1) is 4.90 Å². The molecule has 5 heteroatoms. The summed E-state index contributed by atoms with van der Waals surface area (Å²) in [5.74, 6) is 0. The summed E-state index contributed by atoms with van der Waals surface area (Å²) in [6, 6.07) is 3.68. The van der Waals surface area contributed by atoms with Crippen molar-refractivity contribution < 1.29 is 8.83 Å². The van der Waals surface area contributed by atoms with Crippen molar-refractivity contribution in [1.82, 2.24) is 0 Å². The van der Waals surface area contributed by atoms with Crippen LogP contribution in [0.25, 0.3) is 11.2 Å². The van der Waals surface area contributed by atoms with Crippen LogP contribution in [0.1, 0.15) is 0 Å². The number of rotatable bonds is 0. The third kappa shape index (κ3) is 1.36. The highest BCUT2D eigenvalue weighted by atomic mass is 79.9. The zero-order valence-electron chi connectivity index (χ0n) is 5.64. The molecule has 1 aromatic carbocycles. The predicted octanol–water partition coefficient (Wildman–Crippen LogP) is 4.28. The van der Waals surface area contributed by atoms with Crippen LogP contribution in [0.3, 0.4) is 0 Å². The standard InChI is InChI=1S/C7H2Br2O2S/c8-3-1-4(9)6-5(2-3)10-7(12)11-6/h1-2H. The monoisotopic (exact) mass is 308 g/mol. The summed E-state index contributed by atoms with van der Waals surface area (Å²) in [5.41, 5.74) is 1.28. The van der Waals surface area contributed by atoms with E-state index < -0.39 is 0 Å². The molecule has 2 nitrogen and oxygen atoms in total. The Bertz CT molecular complexity index is 486. The van der Waals surface area contributed by atoms with Crippen LogP contribution >= 0.6 is 44.1 Å². The van der Waals surface area contributed by atoms with Crippen LogP contribution in [0.2, 0.25) is 0 Å². The van der Waals surface area contributed by atoms with Crippen molar-refractivity contribution in [2.75, 3.05) is 0 Å². The van der Waals surface area contributed by atoms with E-state index >= 15 is 0 Å². The van der Waals surface area contributed by atoms with Crippen molar-refractivity contribution in [1.29, 1.82) is 0 Å². The highest BCUT2D eigenvalue weighted by Gasteiger charge is 2.06. The van der Waals surface area contributed by atoms with E-state index in [4.69, 9.17) is 21.1 Å².